The molecule has 92 valence electrons. The van der Waals surface area contributed by atoms with Crippen LogP contribution in [0, 0.1) is 11.7 Å². The van der Waals surface area contributed by atoms with E-state index < -0.39 is 12.0 Å². The van der Waals surface area contributed by atoms with Crippen LogP contribution in [0.25, 0.3) is 0 Å². The van der Waals surface area contributed by atoms with Gasteiger partial charge < -0.3 is 5.11 Å². The van der Waals surface area contributed by atoms with E-state index in [0.717, 1.165) is 6.42 Å². The molecule has 1 aromatic carbocycles. The predicted molar refractivity (Wildman–Crippen MR) is 62.0 cm³/mol. The van der Waals surface area contributed by atoms with Crippen LogP contribution in [0.2, 0.25) is 0 Å². The Hall–Kier alpha value is -1.42. The number of nitrogens with zero attached hydrogens (tertiary/aromatic N) is 1. The molecule has 0 spiro atoms. The first-order valence-electron chi connectivity index (χ1n) is 5.80. The van der Waals surface area contributed by atoms with E-state index in [2.05, 4.69) is 0 Å². The summed E-state index contributed by atoms with van der Waals surface area (Å²) in [4.78, 5) is 13.0. The summed E-state index contributed by atoms with van der Waals surface area (Å²) >= 11 is 0. The van der Waals surface area contributed by atoms with Crippen molar-refractivity contribution in [1.82, 2.24) is 4.90 Å². The molecule has 2 unspecified atom stereocenters. The summed E-state index contributed by atoms with van der Waals surface area (Å²) in [6, 6.07) is 6.03. The number of likely N-dealkylation sites (tertiary alicyclic amines) is 1. The van der Waals surface area contributed by atoms with E-state index in [-0.39, 0.29) is 11.7 Å². The number of hydrogen-bond donors (Lipinski definition) is 1. The number of benzene rings is 1. The van der Waals surface area contributed by atoms with Gasteiger partial charge in [-0.05, 0) is 24.9 Å². The molecule has 0 saturated carbocycles. The molecular formula is C13H16FNO2. The molecule has 0 radical (unpaired) electrons. The molecule has 1 aliphatic rings. The maximum Gasteiger partial charge on any atom is 0.321 e. The van der Waals surface area contributed by atoms with E-state index in [1.807, 2.05) is 11.8 Å². The molecule has 2 atom stereocenters. The molecule has 1 N–H and O–H groups in total. The Morgan fingerprint density at radius 2 is 2.24 bits per heavy atom. The second-order valence-corrected chi connectivity index (χ2v) is 4.61. The molecule has 0 aromatic heterocycles. The number of carboxylic acid groups (broad SMARTS) is 1. The zero-order valence-electron chi connectivity index (χ0n) is 9.77. The van der Waals surface area contributed by atoms with Gasteiger partial charge in [-0.1, -0.05) is 25.1 Å². The van der Waals surface area contributed by atoms with Gasteiger partial charge in [0.05, 0.1) is 0 Å². The lowest BCUT2D eigenvalue weighted by Gasteiger charge is -2.23. The Labute approximate surface area is 99.9 Å². The second kappa shape index (κ2) is 4.84. The van der Waals surface area contributed by atoms with Crippen molar-refractivity contribution in [1.29, 1.82) is 0 Å². The van der Waals surface area contributed by atoms with E-state index in [0.29, 0.717) is 18.7 Å². The van der Waals surface area contributed by atoms with Gasteiger partial charge in [-0.15, -0.1) is 0 Å². The van der Waals surface area contributed by atoms with Crippen molar-refractivity contribution >= 4 is 5.97 Å². The van der Waals surface area contributed by atoms with E-state index in [9.17, 15) is 9.18 Å². The van der Waals surface area contributed by atoms with E-state index in [1.54, 1.807) is 18.2 Å². The monoisotopic (exact) mass is 237 g/mol. The summed E-state index contributed by atoms with van der Waals surface area (Å²) < 4.78 is 13.5. The van der Waals surface area contributed by atoms with Crippen LogP contribution < -0.4 is 0 Å². The molecule has 1 saturated heterocycles. The molecule has 3 nitrogen and oxygen atoms in total. The fourth-order valence-corrected chi connectivity index (χ4v) is 2.45. The van der Waals surface area contributed by atoms with Crippen LogP contribution >= 0.6 is 0 Å². The van der Waals surface area contributed by atoms with Gasteiger partial charge in [-0.3, -0.25) is 9.69 Å². The fourth-order valence-electron chi connectivity index (χ4n) is 2.45. The fraction of sp³-hybridized carbons (Fsp3) is 0.462. The molecule has 0 amide bonds. The number of rotatable bonds is 3. The summed E-state index contributed by atoms with van der Waals surface area (Å²) in [5.41, 5.74) is 0.563. The molecule has 1 fully saturated rings. The van der Waals surface area contributed by atoms with Crippen LogP contribution in [0.4, 0.5) is 4.39 Å². The Morgan fingerprint density at radius 3 is 2.88 bits per heavy atom. The topological polar surface area (TPSA) is 40.5 Å². The minimum Gasteiger partial charge on any atom is -0.480 e. The maximum atomic E-state index is 13.5. The largest absolute Gasteiger partial charge is 0.480 e. The molecular weight excluding hydrogens is 221 g/mol. The van der Waals surface area contributed by atoms with Gasteiger partial charge >= 0.3 is 5.97 Å². The predicted octanol–water partition coefficient (Wildman–Crippen LogP) is 2.12. The van der Waals surface area contributed by atoms with Gasteiger partial charge in [0.25, 0.3) is 0 Å². The lowest BCUT2D eigenvalue weighted by Crippen LogP contribution is -2.38. The van der Waals surface area contributed by atoms with Crippen molar-refractivity contribution in [2.24, 2.45) is 5.92 Å². The van der Waals surface area contributed by atoms with Crippen molar-refractivity contribution < 1.29 is 14.3 Å². The van der Waals surface area contributed by atoms with Gasteiger partial charge in [0, 0.05) is 12.1 Å². The molecule has 1 aromatic rings. The van der Waals surface area contributed by atoms with Gasteiger partial charge in [-0.25, -0.2) is 4.39 Å². The van der Waals surface area contributed by atoms with E-state index >= 15 is 0 Å². The highest BCUT2D eigenvalue weighted by molar-refractivity contribution is 5.74. The highest BCUT2D eigenvalue weighted by Crippen LogP contribution is 2.26. The zero-order valence-corrected chi connectivity index (χ0v) is 9.77. The van der Waals surface area contributed by atoms with Gasteiger partial charge in [-0.2, -0.15) is 0 Å². The van der Waals surface area contributed by atoms with E-state index in [1.165, 1.54) is 6.07 Å². The van der Waals surface area contributed by atoms with Crippen molar-refractivity contribution in [3.05, 3.63) is 35.6 Å². The van der Waals surface area contributed by atoms with Crippen LogP contribution in [-0.2, 0) is 11.3 Å². The normalized spacial score (nSPS) is 25.1. The first kappa shape index (κ1) is 12.0. The van der Waals surface area contributed by atoms with Crippen LogP contribution in [0.15, 0.2) is 24.3 Å². The van der Waals surface area contributed by atoms with Crippen molar-refractivity contribution in [2.45, 2.75) is 25.9 Å². The molecule has 1 aliphatic heterocycles. The number of carboxylic acids is 1. The third kappa shape index (κ3) is 2.47. The maximum absolute atomic E-state index is 13.5. The summed E-state index contributed by atoms with van der Waals surface area (Å²) in [6.45, 7) is 3.01. The number of carbonyl (C=O) groups is 1. The van der Waals surface area contributed by atoms with Crippen LogP contribution in [0.5, 0.6) is 0 Å². The van der Waals surface area contributed by atoms with Crippen LogP contribution in [0.1, 0.15) is 18.9 Å². The Kier molecular flexibility index (Phi) is 3.43. The molecule has 0 bridgehead atoms. The molecule has 17 heavy (non-hydrogen) atoms. The highest BCUT2D eigenvalue weighted by atomic mass is 19.1. The van der Waals surface area contributed by atoms with E-state index in [4.69, 9.17) is 5.11 Å². The Morgan fingerprint density at radius 1 is 1.53 bits per heavy atom. The van der Waals surface area contributed by atoms with Crippen molar-refractivity contribution in [2.75, 3.05) is 6.54 Å². The van der Waals surface area contributed by atoms with Gasteiger partial charge in [0.2, 0.25) is 0 Å². The number of halogens is 1. The standard InChI is InChI=1S/C13H16FNO2/c1-9-6-7-15(12(9)13(16)17)8-10-4-2-3-5-11(10)14/h2-5,9,12H,6-8H2,1H3,(H,16,17). The number of hydrogen-bond acceptors (Lipinski definition) is 2. The van der Waals surface area contributed by atoms with Crippen molar-refractivity contribution in [3.8, 4) is 0 Å². The minimum atomic E-state index is -0.814. The molecule has 4 heteroatoms. The lowest BCUT2D eigenvalue weighted by atomic mass is 10.0. The molecule has 1 heterocycles. The SMILES string of the molecule is CC1CCN(Cc2ccccc2F)C1C(=O)O. The first-order chi connectivity index (χ1) is 8.09. The summed E-state index contributed by atoms with van der Waals surface area (Å²) in [5, 5.41) is 9.17. The Balaban J connectivity index is 2.14. The smallest absolute Gasteiger partial charge is 0.321 e. The summed E-state index contributed by atoms with van der Waals surface area (Å²) in [6.07, 6.45) is 0.853. The third-order valence-electron chi connectivity index (χ3n) is 3.39. The average Bonchev–Trinajstić information content (AvgIpc) is 2.63. The van der Waals surface area contributed by atoms with Gasteiger partial charge in [0.15, 0.2) is 0 Å². The quantitative estimate of drug-likeness (QED) is 0.875. The van der Waals surface area contributed by atoms with Crippen LogP contribution in [0.3, 0.4) is 0 Å². The minimum absolute atomic E-state index is 0.124. The lowest BCUT2D eigenvalue weighted by molar-refractivity contribution is -0.143. The molecule has 2 rings (SSSR count). The Bertz CT molecular complexity index is 422. The van der Waals surface area contributed by atoms with Crippen molar-refractivity contribution in [3.63, 3.8) is 0 Å². The third-order valence-corrected chi connectivity index (χ3v) is 3.39. The average molecular weight is 237 g/mol. The second-order valence-electron chi connectivity index (χ2n) is 4.61. The highest BCUT2D eigenvalue weighted by Gasteiger charge is 2.36. The first-order valence-corrected chi connectivity index (χ1v) is 5.80. The van der Waals surface area contributed by atoms with Gasteiger partial charge in [0.1, 0.15) is 11.9 Å². The molecule has 0 aliphatic carbocycles. The summed E-state index contributed by atoms with van der Waals surface area (Å²) in [5.74, 6) is -0.957. The van der Waals surface area contributed by atoms with Crippen LogP contribution in [-0.4, -0.2) is 28.6 Å². The zero-order chi connectivity index (χ0) is 12.4. The summed E-state index contributed by atoms with van der Waals surface area (Å²) in [7, 11) is 0. The number of aliphatic carboxylic acids is 1.